The minimum atomic E-state index is -0.499. The van der Waals surface area contributed by atoms with Crippen molar-refractivity contribution in [3.63, 3.8) is 0 Å². The molecule has 7 nitrogen and oxygen atoms in total. The molecule has 1 atom stereocenters. The zero-order valence-electron chi connectivity index (χ0n) is 17.7. The quantitative estimate of drug-likeness (QED) is 0.300. The molecule has 2 rings (SSSR count). The van der Waals surface area contributed by atoms with Crippen molar-refractivity contribution in [2.24, 2.45) is 10.9 Å². The van der Waals surface area contributed by atoms with Gasteiger partial charge in [-0.1, -0.05) is 0 Å². The van der Waals surface area contributed by atoms with E-state index in [4.69, 9.17) is 4.74 Å². The van der Waals surface area contributed by atoms with Gasteiger partial charge in [-0.15, -0.1) is 24.0 Å². The Morgan fingerprint density at radius 3 is 2.37 bits per heavy atom. The van der Waals surface area contributed by atoms with Crippen LogP contribution in [0.25, 0.3) is 0 Å². The number of ether oxygens (including phenoxy) is 1. The topological polar surface area (TPSA) is 78.0 Å². The van der Waals surface area contributed by atoms with E-state index >= 15 is 0 Å². The van der Waals surface area contributed by atoms with Crippen molar-refractivity contribution in [2.45, 2.75) is 71.1 Å². The Balaban J connectivity index is 0.00000364. The van der Waals surface area contributed by atoms with Crippen molar-refractivity contribution < 1.29 is 9.53 Å². The molecule has 1 saturated heterocycles. The number of likely N-dealkylation sites (tertiary alicyclic amines) is 1. The second kappa shape index (κ2) is 10.1. The first-order valence-electron chi connectivity index (χ1n) is 9.78. The van der Waals surface area contributed by atoms with E-state index in [0.29, 0.717) is 12.5 Å². The summed E-state index contributed by atoms with van der Waals surface area (Å²) >= 11 is 0. The van der Waals surface area contributed by atoms with Gasteiger partial charge in [0.15, 0.2) is 5.96 Å². The maximum atomic E-state index is 12.0. The number of guanidine groups is 1. The molecule has 3 N–H and O–H groups in total. The number of amides is 1. The summed E-state index contributed by atoms with van der Waals surface area (Å²) < 4.78 is 5.33. The monoisotopic (exact) mass is 495 g/mol. The number of hydrogen-bond donors (Lipinski definition) is 3. The minimum absolute atomic E-state index is 0. The molecule has 1 amide bonds. The van der Waals surface area contributed by atoms with E-state index in [1.165, 1.54) is 32.4 Å². The molecule has 1 aliphatic heterocycles. The van der Waals surface area contributed by atoms with Gasteiger partial charge in [-0.3, -0.25) is 4.99 Å². The zero-order valence-corrected chi connectivity index (χ0v) is 20.1. The smallest absolute Gasteiger partial charge is 0.408 e. The van der Waals surface area contributed by atoms with Crippen molar-refractivity contribution in [1.29, 1.82) is 0 Å². The predicted octanol–water partition coefficient (Wildman–Crippen LogP) is 2.56. The van der Waals surface area contributed by atoms with Crippen molar-refractivity contribution in [2.75, 3.05) is 33.2 Å². The van der Waals surface area contributed by atoms with Gasteiger partial charge in [-0.05, 0) is 66.3 Å². The minimum Gasteiger partial charge on any atom is -0.444 e. The first-order chi connectivity index (χ1) is 12.1. The Morgan fingerprint density at radius 1 is 1.15 bits per heavy atom. The van der Waals surface area contributed by atoms with Crippen LogP contribution in [0.2, 0.25) is 0 Å². The lowest BCUT2D eigenvalue weighted by atomic mass is 10.1. The number of alkyl carbamates (subject to hydrolysis) is 1. The molecule has 1 unspecified atom stereocenters. The van der Waals surface area contributed by atoms with E-state index < -0.39 is 17.2 Å². The summed E-state index contributed by atoms with van der Waals surface area (Å²) in [5, 5.41) is 9.63. The number of carbonyl (C=O) groups excluding carboxylic acids is 1. The fourth-order valence-electron chi connectivity index (χ4n) is 3.19. The zero-order chi connectivity index (χ0) is 19.4. The van der Waals surface area contributed by atoms with Gasteiger partial charge in [0.05, 0.1) is 5.54 Å². The Labute approximate surface area is 181 Å². The fourth-order valence-corrected chi connectivity index (χ4v) is 3.19. The van der Waals surface area contributed by atoms with E-state index in [0.717, 1.165) is 18.5 Å². The number of aliphatic imine (C=N–C) groups is 1. The van der Waals surface area contributed by atoms with E-state index in [1.807, 2.05) is 34.6 Å². The first-order valence-corrected chi connectivity index (χ1v) is 9.78. The number of halogens is 1. The van der Waals surface area contributed by atoms with Crippen molar-refractivity contribution >= 4 is 36.0 Å². The number of nitrogens with one attached hydrogen (secondary N) is 3. The van der Waals surface area contributed by atoms with Crippen LogP contribution in [-0.2, 0) is 4.74 Å². The average Bonchev–Trinajstić information content (AvgIpc) is 3.24. The van der Waals surface area contributed by atoms with Gasteiger partial charge in [0.2, 0.25) is 0 Å². The van der Waals surface area contributed by atoms with Crippen LogP contribution in [0.5, 0.6) is 0 Å². The van der Waals surface area contributed by atoms with E-state index in [9.17, 15) is 4.79 Å². The summed E-state index contributed by atoms with van der Waals surface area (Å²) in [6, 6.07) is 0.858. The standard InChI is InChI=1S/C19H37N5O2.HI/c1-18(2,3)26-17(25)23-19(4,5)13-22-16(20-6)21-11-14-9-10-24(12-14)15-7-8-15;/h14-15H,7-13H2,1-6H3,(H,23,25)(H2,20,21,22);1H. The summed E-state index contributed by atoms with van der Waals surface area (Å²) in [5.41, 5.74) is -0.948. The molecule has 158 valence electrons. The summed E-state index contributed by atoms with van der Waals surface area (Å²) in [6.45, 7) is 13.4. The molecule has 0 aromatic carbocycles. The highest BCUT2D eigenvalue weighted by Crippen LogP contribution is 2.31. The second-order valence-corrected chi connectivity index (χ2v) is 9.20. The Morgan fingerprint density at radius 2 is 1.81 bits per heavy atom. The Hall–Kier alpha value is -0.770. The van der Waals surface area contributed by atoms with Crippen molar-refractivity contribution in [3.8, 4) is 0 Å². The molecule has 0 spiro atoms. The number of nitrogens with zero attached hydrogens (tertiary/aromatic N) is 2. The summed E-state index contributed by atoms with van der Waals surface area (Å²) in [7, 11) is 1.77. The van der Waals surface area contributed by atoms with Crippen molar-refractivity contribution in [3.05, 3.63) is 0 Å². The molecule has 1 aliphatic carbocycles. The first kappa shape index (κ1) is 24.3. The van der Waals surface area contributed by atoms with Gasteiger partial charge in [0, 0.05) is 32.7 Å². The third-order valence-electron chi connectivity index (χ3n) is 4.70. The molecular formula is C19H38IN5O2. The molecule has 1 saturated carbocycles. The Bertz CT molecular complexity index is 515. The highest BCUT2D eigenvalue weighted by Gasteiger charge is 2.34. The summed E-state index contributed by atoms with van der Waals surface area (Å²) in [6.07, 6.45) is 3.61. The van der Waals surface area contributed by atoms with Gasteiger partial charge < -0.3 is 25.6 Å². The molecule has 2 fully saturated rings. The maximum Gasteiger partial charge on any atom is 0.408 e. The van der Waals surface area contributed by atoms with Crippen LogP contribution in [0.15, 0.2) is 4.99 Å². The molecular weight excluding hydrogens is 457 g/mol. The highest BCUT2D eigenvalue weighted by molar-refractivity contribution is 14.0. The molecule has 2 aliphatic rings. The normalized spacial score (nSPS) is 21.4. The fraction of sp³-hybridized carbons (Fsp3) is 0.895. The van der Waals surface area contributed by atoms with E-state index in [2.05, 4.69) is 25.8 Å². The van der Waals surface area contributed by atoms with Gasteiger partial charge in [0.1, 0.15) is 5.60 Å². The molecule has 0 aromatic heterocycles. The molecule has 1 heterocycles. The maximum absolute atomic E-state index is 12.0. The lowest BCUT2D eigenvalue weighted by Crippen LogP contribution is -2.54. The lowest BCUT2D eigenvalue weighted by Gasteiger charge is -2.29. The molecule has 27 heavy (non-hydrogen) atoms. The summed E-state index contributed by atoms with van der Waals surface area (Å²) in [4.78, 5) is 18.9. The number of hydrogen-bond acceptors (Lipinski definition) is 4. The van der Waals surface area contributed by atoms with Gasteiger partial charge in [-0.25, -0.2) is 4.79 Å². The highest BCUT2D eigenvalue weighted by atomic mass is 127. The van der Waals surface area contributed by atoms with E-state index in [-0.39, 0.29) is 24.0 Å². The van der Waals surface area contributed by atoms with Crippen LogP contribution >= 0.6 is 24.0 Å². The Kier molecular flexibility index (Phi) is 9.11. The van der Waals surface area contributed by atoms with Crippen LogP contribution in [0, 0.1) is 5.92 Å². The van der Waals surface area contributed by atoms with Gasteiger partial charge in [0.25, 0.3) is 0 Å². The van der Waals surface area contributed by atoms with Crippen LogP contribution in [0.4, 0.5) is 4.79 Å². The predicted molar refractivity (Wildman–Crippen MR) is 121 cm³/mol. The largest absolute Gasteiger partial charge is 0.444 e. The molecule has 0 aromatic rings. The van der Waals surface area contributed by atoms with Crippen LogP contribution in [0.1, 0.15) is 53.9 Å². The SMILES string of the molecule is CN=C(NCC1CCN(C2CC2)C1)NCC(C)(C)NC(=O)OC(C)(C)C.I. The average molecular weight is 495 g/mol. The number of rotatable bonds is 6. The molecule has 8 heteroatoms. The third-order valence-corrected chi connectivity index (χ3v) is 4.70. The summed E-state index contributed by atoms with van der Waals surface area (Å²) in [5.74, 6) is 1.45. The third kappa shape index (κ3) is 9.32. The van der Waals surface area contributed by atoms with Crippen molar-refractivity contribution in [1.82, 2.24) is 20.9 Å². The van der Waals surface area contributed by atoms with Crippen LogP contribution in [0.3, 0.4) is 0 Å². The van der Waals surface area contributed by atoms with Gasteiger partial charge in [-0.2, -0.15) is 0 Å². The number of carbonyl (C=O) groups is 1. The molecule has 0 bridgehead atoms. The lowest BCUT2D eigenvalue weighted by molar-refractivity contribution is 0.0474. The van der Waals surface area contributed by atoms with E-state index in [1.54, 1.807) is 7.05 Å². The van der Waals surface area contributed by atoms with Crippen LogP contribution < -0.4 is 16.0 Å². The van der Waals surface area contributed by atoms with Gasteiger partial charge >= 0.3 is 6.09 Å². The second-order valence-electron chi connectivity index (χ2n) is 9.20. The van der Waals surface area contributed by atoms with Crippen LogP contribution in [-0.4, -0.2) is 67.4 Å². The molecule has 0 radical (unpaired) electrons.